The van der Waals surface area contributed by atoms with Crippen LogP contribution in [-0.4, -0.2) is 15.7 Å². The lowest BCUT2D eigenvalue weighted by atomic mass is 10.1. The first-order valence-electron chi connectivity index (χ1n) is 7.29. The van der Waals surface area contributed by atoms with Crippen LogP contribution in [0.25, 0.3) is 0 Å². The molecule has 106 valence electrons. The van der Waals surface area contributed by atoms with Gasteiger partial charge >= 0.3 is 0 Å². The molecule has 18 heavy (non-hydrogen) atoms. The van der Waals surface area contributed by atoms with E-state index in [0.717, 1.165) is 25.8 Å². The molecule has 2 nitrogen and oxygen atoms in total. The highest BCUT2D eigenvalue weighted by Crippen LogP contribution is 2.32. The van der Waals surface area contributed by atoms with E-state index in [-0.39, 0.29) is 5.91 Å². The fourth-order valence-electron chi connectivity index (χ4n) is 2.33. The lowest BCUT2D eigenvalue weighted by Gasteiger charge is -2.19. The van der Waals surface area contributed by atoms with Gasteiger partial charge in [0.05, 0.1) is 0 Å². The topological polar surface area (TPSA) is 29.1 Å². The summed E-state index contributed by atoms with van der Waals surface area (Å²) in [6.45, 7) is 0.803. The number of rotatable bonds is 0. The molecule has 0 saturated carbocycles. The van der Waals surface area contributed by atoms with Gasteiger partial charge in [-0.15, -0.1) is 0 Å². The van der Waals surface area contributed by atoms with Gasteiger partial charge in [-0.1, -0.05) is 89.6 Å². The molecular formula is C14H25Br2NO. The van der Waals surface area contributed by atoms with Crippen LogP contribution in [0.2, 0.25) is 0 Å². The summed E-state index contributed by atoms with van der Waals surface area (Å²) in [5.74, 6) is 0.0809. The van der Waals surface area contributed by atoms with Gasteiger partial charge in [-0.25, -0.2) is 0 Å². The molecule has 4 heteroatoms. The normalized spacial score (nSPS) is 24.7. The van der Waals surface area contributed by atoms with E-state index in [9.17, 15) is 4.79 Å². The summed E-state index contributed by atoms with van der Waals surface area (Å²) in [6.07, 6.45) is 13.6. The van der Waals surface area contributed by atoms with E-state index in [1.807, 2.05) is 0 Å². The highest BCUT2D eigenvalue weighted by atomic mass is 79.9. The van der Waals surface area contributed by atoms with Crippen LogP contribution in [0, 0.1) is 0 Å². The molecule has 1 saturated heterocycles. The van der Waals surface area contributed by atoms with Gasteiger partial charge in [0.1, 0.15) is 0 Å². The molecule has 0 aliphatic carbocycles. The van der Waals surface area contributed by atoms with Crippen molar-refractivity contribution >= 4 is 37.8 Å². The number of nitrogens with one attached hydrogen (secondary N) is 1. The largest absolute Gasteiger partial charge is 0.354 e. The van der Waals surface area contributed by atoms with E-state index < -0.39 is 3.23 Å². The number of hydrogen-bond donors (Lipinski definition) is 1. The Balaban J connectivity index is 2.36. The van der Waals surface area contributed by atoms with E-state index in [2.05, 4.69) is 37.2 Å². The van der Waals surface area contributed by atoms with Crippen molar-refractivity contribution in [2.45, 2.75) is 73.9 Å². The lowest BCUT2D eigenvalue weighted by molar-refractivity contribution is -0.121. The van der Waals surface area contributed by atoms with Gasteiger partial charge in [-0.2, -0.15) is 0 Å². The molecule has 1 N–H and O–H groups in total. The summed E-state index contributed by atoms with van der Waals surface area (Å²) >= 11 is 7.01. The van der Waals surface area contributed by atoms with E-state index in [0.29, 0.717) is 0 Å². The van der Waals surface area contributed by atoms with Crippen LogP contribution in [0.4, 0.5) is 0 Å². The second-order valence-corrected chi connectivity index (χ2v) is 9.02. The Morgan fingerprint density at radius 1 is 0.778 bits per heavy atom. The Morgan fingerprint density at radius 3 is 1.78 bits per heavy atom. The molecular weight excluding hydrogens is 358 g/mol. The van der Waals surface area contributed by atoms with Crippen LogP contribution >= 0.6 is 31.9 Å². The molecule has 0 aromatic heterocycles. The van der Waals surface area contributed by atoms with Crippen LogP contribution in [0.1, 0.15) is 70.6 Å². The van der Waals surface area contributed by atoms with Gasteiger partial charge in [0.2, 0.25) is 5.91 Å². The second-order valence-electron chi connectivity index (χ2n) is 5.25. The van der Waals surface area contributed by atoms with E-state index in [4.69, 9.17) is 0 Å². The van der Waals surface area contributed by atoms with Crippen molar-refractivity contribution in [2.75, 3.05) is 6.54 Å². The summed E-state index contributed by atoms with van der Waals surface area (Å²) in [7, 11) is 0. The Labute approximate surface area is 128 Å². The SMILES string of the molecule is O=C1NCCCCCCCCCCCCC1(Br)Br. The van der Waals surface area contributed by atoms with Crippen molar-refractivity contribution in [3.8, 4) is 0 Å². The highest BCUT2D eigenvalue weighted by molar-refractivity contribution is 9.25. The molecule has 1 fully saturated rings. The maximum Gasteiger partial charge on any atom is 0.247 e. The van der Waals surface area contributed by atoms with Crippen LogP contribution < -0.4 is 5.32 Å². The molecule has 0 aromatic carbocycles. The minimum Gasteiger partial charge on any atom is -0.354 e. The predicted octanol–water partition coefficient (Wildman–Crippen LogP) is 4.89. The Kier molecular flexibility index (Phi) is 8.56. The van der Waals surface area contributed by atoms with Crippen LogP contribution in [-0.2, 0) is 4.79 Å². The third-order valence-corrected chi connectivity index (χ3v) is 5.05. The highest BCUT2D eigenvalue weighted by Gasteiger charge is 2.31. The van der Waals surface area contributed by atoms with Crippen molar-refractivity contribution in [1.82, 2.24) is 5.32 Å². The molecule has 0 spiro atoms. The Morgan fingerprint density at radius 2 is 1.22 bits per heavy atom. The first-order valence-corrected chi connectivity index (χ1v) is 8.88. The third kappa shape index (κ3) is 7.13. The molecule has 1 rings (SSSR count). The minimum absolute atomic E-state index is 0.0809. The van der Waals surface area contributed by atoms with Gasteiger partial charge in [0.25, 0.3) is 0 Å². The van der Waals surface area contributed by atoms with Crippen LogP contribution in [0.3, 0.4) is 0 Å². The molecule has 1 aliphatic heterocycles. The number of carbonyl (C=O) groups is 1. The van der Waals surface area contributed by atoms with Gasteiger partial charge in [-0.3, -0.25) is 4.79 Å². The van der Waals surface area contributed by atoms with E-state index >= 15 is 0 Å². The van der Waals surface area contributed by atoms with Gasteiger partial charge in [-0.05, 0) is 12.8 Å². The summed E-state index contributed by atoms with van der Waals surface area (Å²) < 4.78 is -0.555. The van der Waals surface area contributed by atoms with Crippen molar-refractivity contribution < 1.29 is 4.79 Å². The summed E-state index contributed by atoms with van der Waals surface area (Å²) in [6, 6.07) is 0. The number of carbonyl (C=O) groups excluding carboxylic acids is 1. The molecule has 0 bridgehead atoms. The van der Waals surface area contributed by atoms with Gasteiger partial charge < -0.3 is 5.32 Å². The van der Waals surface area contributed by atoms with Crippen molar-refractivity contribution in [1.29, 1.82) is 0 Å². The fourth-order valence-corrected chi connectivity index (χ4v) is 3.17. The molecule has 0 aromatic rings. The monoisotopic (exact) mass is 381 g/mol. The number of halogens is 2. The maximum absolute atomic E-state index is 12.0. The van der Waals surface area contributed by atoms with Crippen molar-refractivity contribution in [2.24, 2.45) is 0 Å². The molecule has 0 unspecified atom stereocenters. The number of alkyl halides is 2. The average Bonchev–Trinajstić information content (AvgIpc) is 2.34. The zero-order valence-electron chi connectivity index (χ0n) is 11.1. The predicted molar refractivity (Wildman–Crippen MR) is 84.4 cm³/mol. The van der Waals surface area contributed by atoms with Gasteiger partial charge in [0, 0.05) is 6.54 Å². The minimum atomic E-state index is -0.555. The molecule has 1 aliphatic rings. The smallest absolute Gasteiger partial charge is 0.247 e. The maximum atomic E-state index is 12.0. The number of hydrogen-bond acceptors (Lipinski definition) is 1. The molecule has 0 radical (unpaired) electrons. The molecule has 1 amide bonds. The second kappa shape index (κ2) is 9.35. The standard InChI is InChI=1S/C14H25Br2NO/c15-14(16)11-9-7-5-3-1-2-4-6-8-10-12-17-13(14)18/h1-12H2,(H,17,18). The summed E-state index contributed by atoms with van der Waals surface area (Å²) in [5.41, 5.74) is 0. The average molecular weight is 383 g/mol. The quantitative estimate of drug-likeness (QED) is 0.593. The van der Waals surface area contributed by atoms with Crippen LogP contribution in [0.5, 0.6) is 0 Å². The first kappa shape index (κ1) is 16.5. The van der Waals surface area contributed by atoms with Crippen molar-refractivity contribution in [3.63, 3.8) is 0 Å². The molecule has 1 heterocycles. The molecule has 0 atom stereocenters. The number of amides is 1. The first-order chi connectivity index (χ1) is 8.63. The van der Waals surface area contributed by atoms with Crippen molar-refractivity contribution in [3.05, 3.63) is 0 Å². The fraction of sp³-hybridized carbons (Fsp3) is 0.929. The summed E-state index contributed by atoms with van der Waals surface area (Å²) in [4.78, 5) is 12.0. The zero-order valence-corrected chi connectivity index (χ0v) is 14.3. The Hall–Kier alpha value is 0.430. The Bertz CT molecular complexity index is 244. The summed E-state index contributed by atoms with van der Waals surface area (Å²) in [5, 5.41) is 3.01. The van der Waals surface area contributed by atoms with E-state index in [1.165, 1.54) is 51.4 Å². The third-order valence-electron chi connectivity index (χ3n) is 3.54. The van der Waals surface area contributed by atoms with Crippen LogP contribution in [0.15, 0.2) is 0 Å². The zero-order chi connectivity index (χ0) is 13.3. The van der Waals surface area contributed by atoms with E-state index in [1.54, 1.807) is 0 Å². The lowest BCUT2D eigenvalue weighted by Crippen LogP contribution is -2.38. The van der Waals surface area contributed by atoms with Gasteiger partial charge in [0.15, 0.2) is 3.23 Å².